The van der Waals surface area contributed by atoms with Crippen LogP contribution < -0.4 is 5.32 Å². The maximum absolute atomic E-state index is 12.2. The lowest BCUT2D eigenvalue weighted by molar-refractivity contribution is -0.143. The highest BCUT2D eigenvalue weighted by atomic mass is 16.2. The van der Waals surface area contributed by atoms with Crippen molar-refractivity contribution < 1.29 is 14.4 Å². The molecule has 4 nitrogen and oxygen atoms in total. The summed E-state index contributed by atoms with van der Waals surface area (Å²) in [5, 5.41) is 3.00. The summed E-state index contributed by atoms with van der Waals surface area (Å²) in [7, 11) is 0. The number of allylic oxidation sites excluding steroid dienone is 1. The Morgan fingerprint density at radius 2 is 1.74 bits per heavy atom. The lowest BCUT2D eigenvalue weighted by Crippen LogP contribution is -2.41. The quantitative estimate of drug-likeness (QED) is 0.684. The highest BCUT2D eigenvalue weighted by molar-refractivity contribution is 6.23. The molecule has 0 amide bonds. The van der Waals surface area contributed by atoms with Gasteiger partial charge in [0.05, 0.1) is 0 Å². The van der Waals surface area contributed by atoms with Gasteiger partial charge in [0.2, 0.25) is 0 Å². The fraction of sp³-hybridized carbons (Fsp3) is 0.421. The van der Waals surface area contributed by atoms with Crippen LogP contribution in [0.25, 0.3) is 0 Å². The lowest BCUT2D eigenvalue weighted by Gasteiger charge is -2.30. The normalized spacial score (nSPS) is 18.4. The van der Waals surface area contributed by atoms with Crippen LogP contribution in [0.4, 0.5) is 5.69 Å². The topological polar surface area (TPSA) is 63.2 Å². The van der Waals surface area contributed by atoms with Gasteiger partial charge in [-0.3, -0.25) is 14.4 Å². The Morgan fingerprint density at radius 3 is 2.30 bits per heavy atom. The zero-order valence-corrected chi connectivity index (χ0v) is 14.1. The summed E-state index contributed by atoms with van der Waals surface area (Å²) in [6.07, 6.45) is 3.32. The zero-order valence-electron chi connectivity index (χ0n) is 14.1. The van der Waals surface area contributed by atoms with Crippen molar-refractivity contribution in [2.45, 2.75) is 40.5 Å². The maximum Gasteiger partial charge on any atom is 0.175 e. The van der Waals surface area contributed by atoms with Gasteiger partial charge < -0.3 is 5.32 Å². The van der Waals surface area contributed by atoms with Gasteiger partial charge in [-0.1, -0.05) is 19.9 Å². The van der Waals surface area contributed by atoms with Crippen LogP contribution in [-0.2, 0) is 14.4 Å². The van der Waals surface area contributed by atoms with Crippen LogP contribution in [-0.4, -0.2) is 17.3 Å². The van der Waals surface area contributed by atoms with Crippen LogP contribution in [0.15, 0.2) is 30.5 Å². The van der Waals surface area contributed by atoms with Gasteiger partial charge >= 0.3 is 0 Å². The number of ketones is 3. The average Bonchev–Trinajstić information content (AvgIpc) is 2.40. The third-order valence-electron chi connectivity index (χ3n) is 4.24. The second-order valence-corrected chi connectivity index (χ2v) is 7.06. The number of aryl methyl sites for hydroxylation is 2. The van der Waals surface area contributed by atoms with Gasteiger partial charge in [0, 0.05) is 24.7 Å². The first-order chi connectivity index (χ1) is 10.7. The summed E-state index contributed by atoms with van der Waals surface area (Å²) < 4.78 is 0. The van der Waals surface area contributed by atoms with Crippen LogP contribution in [0, 0.1) is 25.2 Å². The Morgan fingerprint density at radius 1 is 1.13 bits per heavy atom. The highest BCUT2D eigenvalue weighted by Gasteiger charge is 2.42. The number of hydrogen-bond donors (Lipinski definition) is 1. The minimum absolute atomic E-state index is 0.271. The fourth-order valence-electron chi connectivity index (χ4n) is 2.85. The van der Waals surface area contributed by atoms with Crippen molar-refractivity contribution in [2.24, 2.45) is 11.3 Å². The summed E-state index contributed by atoms with van der Waals surface area (Å²) in [4.78, 5) is 36.3. The largest absolute Gasteiger partial charge is 0.362 e. The molecule has 0 spiro atoms. The molecule has 0 unspecified atom stereocenters. The molecule has 1 aliphatic carbocycles. The molecule has 1 N–H and O–H groups in total. The first kappa shape index (κ1) is 17.1. The zero-order chi connectivity index (χ0) is 17.2. The molecule has 0 atom stereocenters. The van der Waals surface area contributed by atoms with E-state index in [0.29, 0.717) is 0 Å². The Balaban J connectivity index is 2.02. The van der Waals surface area contributed by atoms with E-state index in [-0.39, 0.29) is 29.8 Å². The average molecular weight is 313 g/mol. The molecule has 1 aromatic rings. The summed E-state index contributed by atoms with van der Waals surface area (Å²) in [6.45, 7) is 7.79. The Labute approximate surface area is 137 Å². The molecule has 1 aromatic carbocycles. The molecular formula is C19H23NO3. The Hall–Kier alpha value is -2.23. The molecule has 1 fully saturated rings. The molecule has 0 saturated heterocycles. The minimum Gasteiger partial charge on any atom is -0.362 e. The molecule has 0 bridgehead atoms. The summed E-state index contributed by atoms with van der Waals surface area (Å²) in [6, 6.07) is 5.88. The van der Waals surface area contributed by atoms with Crippen molar-refractivity contribution in [3.63, 3.8) is 0 Å². The molecule has 4 heteroatoms. The van der Waals surface area contributed by atoms with E-state index in [1.807, 2.05) is 45.9 Å². The molecule has 1 saturated carbocycles. The van der Waals surface area contributed by atoms with Crippen LogP contribution in [0.1, 0.15) is 37.8 Å². The smallest absolute Gasteiger partial charge is 0.175 e. The van der Waals surface area contributed by atoms with Crippen molar-refractivity contribution in [2.75, 3.05) is 5.32 Å². The van der Waals surface area contributed by atoms with Crippen molar-refractivity contribution in [3.8, 4) is 0 Å². The number of nitrogens with one attached hydrogen (secondary N) is 1. The molecule has 2 rings (SSSR count). The molecule has 0 radical (unpaired) electrons. The maximum atomic E-state index is 12.2. The van der Waals surface area contributed by atoms with E-state index in [2.05, 4.69) is 5.32 Å². The van der Waals surface area contributed by atoms with E-state index in [1.165, 1.54) is 17.8 Å². The van der Waals surface area contributed by atoms with Gasteiger partial charge in [-0.25, -0.2) is 0 Å². The van der Waals surface area contributed by atoms with Gasteiger partial charge in [0.1, 0.15) is 5.92 Å². The lowest BCUT2D eigenvalue weighted by atomic mass is 9.70. The molecule has 0 heterocycles. The number of Topliss-reactive ketones (excluding diaryl/α,β-unsaturated/α-hetero) is 2. The van der Waals surface area contributed by atoms with Crippen molar-refractivity contribution >= 4 is 23.0 Å². The van der Waals surface area contributed by atoms with Gasteiger partial charge in [0.25, 0.3) is 0 Å². The van der Waals surface area contributed by atoms with E-state index < -0.39 is 11.7 Å². The molecule has 23 heavy (non-hydrogen) atoms. The van der Waals surface area contributed by atoms with E-state index >= 15 is 0 Å². The molecule has 0 aliphatic heterocycles. The summed E-state index contributed by atoms with van der Waals surface area (Å²) >= 11 is 0. The van der Waals surface area contributed by atoms with Crippen molar-refractivity contribution in [1.82, 2.24) is 0 Å². The van der Waals surface area contributed by atoms with Crippen molar-refractivity contribution in [1.29, 1.82) is 0 Å². The van der Waals surface area contributed by atoms with Crippen LogP contribution in [0.5, 0.6) is 0 Å². The standard InChI is InChI=1S/C19H23NO3/c1-12-5-6-14(9-13(12)2)20-8-7-15(21)18-16(22)10-19(3,4)11-17(18)23/h5-9,18,20H,10-11H2,1-4H3/b8-7-. The number of anilines is 1. The van der Waals surface area contributed by atoms with Gasteiger partial charge in [0.15, 0.2) is 17.3 Å². The second kappa shape index (κ2) is 6.49. The van der Waals surface area contributed by atoms with Crippen LogP contribution in [0.3, 0.4) is 0 Å². The van der Waals surface area contributed by atoms with Gasteiger partial charge in [-0.05, 0) is 48.6 Å². The van der Waals surface area contributed by atoms with Crippen LogP contribution >= 0.6 is 0 Å². The molecule has 1 aliphatic rings. The SMILES string of the molecule is Cc1ccc(N/C=C\C(=O)C2C(=O)CC(C)(C)CC2=O)cc1C. The van der Waals surface area contributed by atoms with E-state index in [0.717, 1.165) is 11.3 Å². The second-order valence-electron chi connectivity index (χ2n) is 7.06. The van der Waals surface area contributed by atoms with E-state index in [9.17, 15) is 14.4 Å². The van der Waals surface area contributed by atoms with Gasteiger partial charge in [-0.15, -0.1) is 0 Å². The number of hydrogen-bond acceptors (Lipinski definition) is 4. The molecule has 0 aromatic heterocycles. The number of carbonyl (C=O) groups is 3. The molecular weight excluding hydrogens is 290 g/mol. The number of rotatable bonds is 4. The van der Waals surface area contributed by atoms with E-state index in [1.54, 1.807) is 0 Å². The summed E-state index contributed by atoms with van der Waals surface area (Å²) in [5.41, 5.74) is 2.86. The third-order valence-corrected chi connectivity index (χ3v) is 4.24. The Bertz CT molecular complexity index is 666. The number of carbonyl (C=O) groups excluding carboxylic acids is 3. The first-order valence-corrected chi connectivity index (χ1v) is 7.79. The number of benzene rings is 1. The van der Waals surface area contributed by atoms with Gasteiger partial charge in [-0.2, -0.15) is 0 Å². The van der Waals surface area contributed by atoms with Crippen LogP contribution in [0.2, 0.25) is 0 Å². The first-order valence-electron chi connectivity index (χ1n) is 7.79. The molecule has 122 valence electrons. The fourth-order valence-corrected chi connectivity index (χ4v) is 2.85. The Kier molecular flexibility index (Phi) is 4.83. The minimum atomic E-state index is -1.12. The third kappa shape index (κ3) is 4.15. The van der Waals surface area contributed by atoms with E-state index in [4.69, 9.17) is 0 Å². The predicted octanol–water partition coefficient (Wildman–Crippen LogP) is 3.37. The van der Waals surface area contributed by atoms with Crippen molar-refractivity contribution in [3.05, 3.63) is 41.6 Å². The summed E-state index contributed by atoms with van der Waals surface area (Å²) in [5.74, 6) is -2.10. The highest BCUT2D eigenvalue weighted by Crippen LogP contribution is 2.34. The monoisotopic (exact) mass is 313 g/mol. The predicted molar refractivity (Wildman–Crippen MR) is 90.2 cm³/mol.